The van der Waals surface area contributed by atoms with Crippen LogP contribution in [0.5, 0.6) is 0 Å². The van der Waals surface area contributed by atoms with Gasteiger partial charge in [-0.05, 0) is 19.8 Å². The molecule has 1 N–H and O–H groups in total. The van der Waals surface area contributed by atoms with Crippen LogP contribution in [0.2, 0.25) is 0 Å². The van der Waals surface area contributed by atoms with Crippen LogP contribution >= 0.6 is 0 Å². The minimum atomic E-state index is -0.0590. The summed E-state index contributed by atoms with van der Waals surface area (Å²) in [5, 5.41) is 3.11. The van der Waals surface area contributed by atoms with Gasteiger partial charge in [-0.2, -0.15) is 0 Å². The maximum Gasteiger partial charge on any atom is 0.323 e. The molecule has 1 aliphatic carbocycles. The predicted molar refractivity (Wildman–Crippen MR) is 40.1 cm³/mol. The Bertz CT molecular complexity index is 187. The molecule has 0 bridgehead atoms. The van der Waals surface area contributed by atoms with Crippen LogP contribution in [0.4, 0.5) is 0 Å². The van der Waals surface area contributed by atoms with E-state index in [2.05, 4.69) is 5.32 Å². The van der Waals surface area contributed by atoms with Gasteiger partial charge in [0.2, 0.25) is 0 Å². The van der Waals surface area contributed by atoms with Gasteiger partial charge in [0.05, 0.1) is 6.61 Å². The van der Waals surface area contributed by atoms with Gasteiger partial charge in [-0.3, -0.25) is 4.79 Å². The largest absolute Gasteiger partial charge is 0.465 e. The molecule has 2 rings (SSSR count). The van der Waals surface area contributed by atoms with Crippen LogP contribution in [0.15, 0.2) is 0 Å². The molecule has 62 valence electrons. The number of hydrogen-bond acceptors (Lipinski definition) is 3. The van der Waals surface area contributed by atoms with E-state index < -0.39 is 0 Å². The van der Waals surface area contributed by atoms with Crippen LogP contribution in [-0.4, -0.2) is 25.2 Å². The summed E-state index contributed by atoms with van der Waals surface area (Å²) in [6, 6.07) is 0.0162. The van der Waals surface area contributed by atoms with E-state index in [0.29, 0.717) is 12.0 Å². The molecule has 1 unspecified atom stereocenters. The summed E-state index contributed by atoms with van der Waals surface area (Å²) in [5.74, 6) is -0.0590. The van der Waals surface area contributed by atoms with Crippen molar-refractivity contribution in [1.29, 1.82) is 0 Å². The zero-order valence-electron chi connectivity index (χ0n) is 6.72. The van der Waals surface area contributed by atoms with Crippen molar-refractivity contribution in [2.24, 2.45) is 5.41 Å². The van der Waals surface area contributed by atoms with Crippen molar-refractivity contribution in [3.8, 4) is 0 Å². The first-order chi connectivity index (χ1) is 5.28. The van der Waals surface area contributed by atoms with Gasteiger partial charge in [0.25, 0.3) is 0 Å². The number of rotatable bonds is 2. The molecule has 1 saturated heterocycles. The highest BCUT2D eigenvalue weighted by Gasteiger charge is 2.59. The SMILES string of the molecule is CCOC(=O)C1NCC12CC2. The number of carbonyl (C=O) groups is 1. The van der Waals surface area contributed by atoms with E-state index in [1.54, 1.807) is 0 Å². The second kappa shape index (κ2) is 2.21. The zero-order chi connectivity index (χ0) is 7.90. The summed E-state index contributed by atoms with van der Waals surface area (Å²) in [6.07, 6.45) is 2.40. The van der Waals surface area contributed by atoms with E-state index in [1.807, 2.05) is 6.92 Å². The van der Waals surface area contributed by atoms with Crippen molar-refractivity contribution in [2.45, 2.75) is 25.8 Å². The lowest BCUT2D eigenvalue weighted by atomic mass is 9.88. The minimum Gasteiger partial charge on any atom is -0.465 e. The van der Waals surface area contributed by atoms with Gasteiger partial charge in [-0.25, -0.2) is 0 Å². The summed E-state index contributed by atoms with van der Waals surface area (Å²) < 4.78 is 4.92. The maximum absolute atomic E-state index is 11.2. The average Bonchev–Trinajstić information content (AvgIpc) is 2.64. The van der Waals surface area contributed by atoms with Gasteiger partial charge >= 0.3 is 5.97 Å². The van der Waals surface area contributed by atoms with Gasteiger partial charge in [0.15, 0.2) is 0 Å². The van der Waals surface area contributed by atoms with Gasteiger partial charge in [-0.1, -0.05) is 0 Å². The summed E-state index contributed by atoms with van der Waals surface area (Å²) >= 11 is 0. The van der Waals surface area contributed by atoms with Crippen LogP contribution in [0.1, 0.15) is 19.8 Å². The molecule has 1 spiro atoms. The lowest BCUT2D eigenvalue weighted by Gasteiger charge is -2.36. The van der Waals surface area contributed by atoms with Crippen LogP contribution in [-0.2, 0) is 9.53 Å². The first-order valence-corrected chi connectivity index (χ1v) is 4.18. The summed E-state index contributed by atoms with van der Waals surface area (Å²) in [6.45, 7) is 3.35. The number of hydrogen-bond donors (Lipinski definition) is 1. The highest BCUT2D eigenvalue weighted by atomic mass is 16.5. The molecule has 3 heteroatoms. The molecule has 1 saturated carbocycles. The number of esters is 1. The number of nitrogens with one attached hydrogen (secondary N) is 1. The molecule has 0 aromatic heterocycles. The lowest BCUT2D eigenvalue weighted by molar-refractivity contribution is -0.150. The fraction of sp³-hybridized carbons (Fsp3) is 0.875. The smallest absolute Gasteiger partial charge is 0.323 e. The van der Waals surface area contributed by atoms with Crippen molar-refractivity contribution in [2.75, 3.05) is 13.2 Å². The molecule has 11 heavy (non-hydrogen) atoms. The molecule has 1 aliphatic heterocycles. The van der Waals surface area contributed by atoms with Crippen molar-refractivity contribution in [1.82, 2.24) is 5.32 Å². The molecule has 3 nitrogen and oxygen atoms in total. The standard InChI is InChI=1S/C8H13NO2/c1-2-11-7(10)6-8(3-4-8)5-9-6/h6,9H,2-5H2,1H3. The molecule has 0 amide bonds. The fourth-order valence-electron chi connectivity index (χ4n) is 1.68. The van der Waals surface area contributed by atoms with Crippen molar-refractivity contribution < 1.29 is 9.53 Å². The predicted octanol–water partition coefficient (Wildman–Crippen LogP) is 0.301. The summed E-state index contributed by atoms with van der Waals surface area (Å²) in [5.41, 5.74) is 0.326. The fourth-order valence-corrected chi connectivity index (χ4v) is 1.68. The van der Waals surface area contributed by atoms with Crippen molar-refractivity contribution >= 4 is 5.97 Å². The van der Waals surface area contributed by atoms with E-state index in [0.717, 1.165) is 6.54 Å². The number of carbonyl (C=O) groups excluding carboxylic acids is 1. The average molecular weight is 155 g/mol. The first kappa shape index (κ1) is 7.10. The van der Waals surface area contributed by atoms with Crippen LogP contribution in [0.3, 0.4) is 0 Å². The molecule has 2 aliphatic rings. The third-order valence-electron chi connectivity index (χ3n) is 2.69. The molecule has 1 heterocycles. The topological polar surface area (TPSA) is 38.3 Å². The highest BCUT2D eigenvalue weighted by Crippen LogP contribution is 2.53. The van der Waals surface area contributed by atoms with Crippen molar-refractivity contribution in [3.63, 3.8) is 0 Å². The quantitative estimate of drug-likeness (QED) is 0.583. The van der Waals surface area contributed by atoms with Gasteiger partial charge in [0.1, 0.15) is 6.04 Å². The van der Waals surface area contributed by atoms with Crippen LogP contribution < -0.4 is 5.32 Å². The molecular weight excluding hydrogens is 142 g/mol. The normalized spacial score (nSPS) is 31.2. The van der Waals surface area contributed by atoms with E-state index in [4.69, 9.17) is 4.74 Å². The lowest BCUT2D eigenvalue weighted by Crippen LogP contribution is -2.59. The minimum absolute atomic E-state index is 0.0162. The second-order valence-electron chi connectivity index (χ2n) is 3.43. The second-order valence-corrected chi connectivity index (χ2v) is 3.43. The summed E-state index contributed by atoms with van der Waals surface area (Å²) in [7, 11) is 0. The Morgan fingerprint density at radius 3 is 2.82 bits per heavy atom. The van der Waals surface area contributed by atoms with Crippen LogP contribution in [0.25, 0.3) is 0 Å². The van der Waals surface area contributed by atoms with Crippen LogP contribution in [0, 0.1) is 5.41 Å². The Kier molecular flexibility index (Phi) is 1.42. The van der Waals surface area contributed by atoms with E-state index in [1.165, 1.54) is 12.8 Å². The third kappa shape index (κ3) is 0.948. The maximum atomic E-state index is 11.2. The Morgan fingerprint density at radius 1 is 1.73 bits per heavy atom. The Morgan fingerprint density at radius 2 is 2.45 bits per heavy atom. The zero-order valence-corrected chi connectivity index (χ0v) is 6.72. The molecule has 0 aromatic rings. The molecular formula is C8H13NO2. The third-order valence-corrected chi connectivity index (χ3v) is 2.69. The highest BCUT2D eigenvalue weighted by molar-refractivity contribution is 5.79. The Hall–Kier alpha value is -0.570. The van der Waals surface area contributed by atoms with Gasteiger partial charge in [-0.15, -0.1) is 0 Å². The number of ether oxygens (including phenoxy) is 1. The van der Waals surface area contributed by atoms with Gasteiger partial charge < -0.3 is 10.1 Å². The summed E-state index contributed by atoms with van der Waals surface area (Å²) in [4.78, 5) is 11.2. The molecule has 0 radical (unpaired) electrons. The van der Waals surface area contributed by atoms with E-state index in [9.17, 15) is 4.79 Å². The van der Waals surface area contributed by atoms with E-state index >= 15 is 0 Å². The van der Waals surface area contributed by atoms with E-state index in [-0.39, 0.29) is 12.0 Å². The first-order valence-electron chi connectivity index (χ1n) is 4.18. The molecule has 1 atom stereocenters. The van der Waals surface area contributed by atoms with Gasteiger partial charge in [0, 0.05) is 12.0 Å². The Balaban J connectivity index is 1.90. The molecule has 2 fully saturated rings. The monoisotopic (exact) mass is 155 g/mol. The van der Waals surface area contributed by atoms with Crippen molar-refractivity contribution in [3.05, 3.63) is 0 Å². The Labute approximate surface area is 66.1 Å². The molecule has 0 aromatic carbocycles.